The molecule has 0 aromatic carbocycles. The summed E-state index contributed by atoms with van der Waals surface area (Å²) in [6.07, 6.45) is 8.18. The van der Waals surface area contributed by atoms with Gasteiger partial charge in [-0.1, -0.05) is 11.6 Å². The third-order valence-corrected chi connectivity index (χ3v) is 2.16. The largest absolute Gasteiger partial charge is 0.481 e. The molecule has 0 amide bonds. The molecular formula is C9H14O2. The highest BCUT2D eigenvalue weighted by Crippen LogP contribution is 2.38. The Balaban J connectivity index is 0.000000134. The van der Waals surface area contributed by atoms with Crippen LogP contribution in [0.5, 0.6) is 0 Å². The highest BCUT2D eigenvalue weighted by molar-refractivity contribution is 5.62. The first kappa shape index (κ1) is 8.31. The number of hydrogen-bond donors (Lipinski definition) is 1. The number of allylic oxidation sites excluding steroid dienone is 2. The van der Waals surface area contributed by atoms with E-state index in [1.165, 1.54) is 25.7 Å². The van der Waals surface area contributed by atoms with Crippen molar-refractivity contribution in [1.82, 2.24) is 0 Å². The van der Waals surface area contributed by atoms with Crippen LogP contribution in [-0.4, -0.2) is 11.1 Å². The van der Waals surface area contributed by atoms with Crippen LogP contribution in [0.3, 0.4) is 0 Å². The maximum atomic E-state index is 9.00. The first-order chi connectivity index (χ1) is 5.18. The molecule has 1 unspecified atom stereocenters. The average Bonchev–Trinajstić information content (AvgIpc) is 2.45. The summed E-state index contributed by atoms with van der Waals surface area (Å²) in [5, 5.41) is 7.42. The number of carboxylic acid groups (broad SMARTS) is 1. The van der Waals surface area contributed by atoms with E-state index >= 15 is 0 Å². The minimum Gasteiger partial charge on any atom is -0.481 e. The lowest BCUT2D eigenvalue weighted by Crippen LogP contribution is -1.85. The summed E-state index contributed by atoms with van der Waals surface area (Å²) in [7, 11) is 0. The van der Waals surface area contributed by atoms with Crippen molar-refractivity contribution in [2.24, 2.45) is 5.92 Å². The van der Waals surface area contributed by atoms with Gasteiger partial charge in [0.2, 0.25) is 0 Å². The summed E-state index contributed by atoms with van der Waals surface area (Å²) in [6.45, 7) is 1.08. The first-order valence-corrected chi connectivity index (χ1v) is 4.06. The van der Waals surface area contributed by atoms with Crippen molar-refractivity contribution in [3.8, 4) is 0 Å². The normalized spacial score (nSPS) is 25.5. The van der Waals surface area contributed by atoms with E-state index in [-0.39, 0.29) is 0 Å². The second kappa shape index (κ2) is 3.56. The van der Waals surface area contributed by atoms with E-state index in [1.54, 1.807) is 5.57 Å². The highest BCUT2D eigenvalue weighted by atomic mass is 16.4. The van der Waals surface area contributed by atoms with Gasteiger partial charge in [-0.15, -0.1) is 0 Å². The first-order valence-electron chi connectivity index (χ1n) is 4.06. The summed E-state index contributed by atoms with van der Waals surface area (Å²) in [5.74, 6) is 0.245. The standard InChI is InChI=1S/C7H10.C2H4O2/c1-2-7-4-3-6(1)5-7;1-2(3)4/h1,7H,2-5H2;1H3,(H,3,4). The van der Waals surface area contributed by atoms with Gasteiger partial charge in [-0.05, 0) is 31.6 Å². The van der Waals surface area contributed by atoms with Gasteiger partial charge in [0.15, 0.2) is 0 Å². The predicted molar refractivity (Wildman–Crippen MR) is 43.4 cm³/mol. The topological polar surface area (TPSA) is 37.3 Å². The Morgan fingerprint density at radius 2 is 2.36 bits per heavy atom. The molecule has 1 N–H and O–H groups in total. The molecule has 0 aromatic rings. The molecule has 2 nitrogen and oxygen atoms in total. The van der Waals surface area contributed by atoms with Crippen LogP contribution in [0.25, 0.3) is 0 Å². The van der Waals surface area contributed by atoms with Crippen LogP contribution in [-0.2, 0) is 4.79 Å². The Morgan fingerprint density at radius 3 is 2.45 bits per heavy atom. The van der Waals surface area contributed by atoms with Gasteiger partial charge < -0.3 is 5.11 Å². The summed E-state index contributed by atoms with van der Waals surface area (Å²) >= 11 is 0. The molecule has 1 saturated carbocycles. The Bertz CT molecular complexity index is 178. The fourth-order valence-corrected chi connectivity index (χ4v) is 1.68. The molecule has 0 saturated heterocycles. The Morgan fingerprint density at radius 1 is 1.73 bits per heavy atom. The van der Waals surface area contributed by atoms with E-state index < -0.39 is 5.97 Å². The Hall–Kier alpha value is -0.790. The molecule has 2 bridgehead atoms. The van der Waals surface area contributed by atoms with Gasteiger partial charge in [-0.25, -0.2) is 0 Å². The Labute approximate surface area is 66.9 Å². The zero-order valence-corrected chi connectivity index (χ0v) is 6.84. The summed E-state index contributed by atoms with van der Waals surface area (Å²) in [6, 6.07) is 0. The smallest absolute Gasteiger partial charge is 0.300 e. The van der Waals surface area contributed by atoms with E-state index in [4.69, 9.17) is 9.90 Å². The lowest BCUT2D eigenvalue weighted by Gasteiger charge is -1.98. The van der Waals surface area contributed by atoms with Crippen molar-refractivity contribution < 1.29 is 9.90 Å². The third kappa shape index (κ3) is 2.74. The van der Waals surface area contributed by atoms with Gasteiger partial charge >= 0.3 is 0 Å². The lowest BCUT2D eigenvalue weighted by molar-refractivity contribution is -0.134. The molecule has 2 heteroatoms. The van der Waals surface area contributed by atoms with Crippen molar-refractivity contribution in [1.29, 1.82) is 0 Å². The fraction of sp³-hybridized carbons (Fsp3) is 0.667. The van der Waals surface area contributed by atoms with E-state index in [9.17, 15) is 0 Å². The maximum Gasteiger partial charge on any atom is 0.300 e. The predicted octanol–water partition coefficient (Wildman–Crippen LogP) is 2.21. The molecule has 1 fully saturated rings. The lowest BCUT2D eigenvalue weighted by atomic mass is 10.1. The minimum atomic E-state index is -0.833. The molecular weight excluding hydrogens is 140 g/mol. The minimum absolute atomic E-state index is 0.833. The van der Waals surface area contributed by atoms with Gasteiger partial charge in [-0.3, -0.25) is 4.79 Å². The van der Waals surface area contributed by atoms with Crippen molar-refractivity contribution in [3.05, 3.63) is 11.6 Å². The molecule has 0 aromatic heterocycles. The van der Waals surface area contributed by atoms with Crippen molar-refractivity contribution in [3.63, 3.8) is 0 Å². The third-order valence-electron chi connectivity index (χ3n) is 2.16. The molecule has 62 valence electrons. The van der Waals surface area contributed by atoms with Crippen LogP contribution in [0.15, 0.2) is 11.6 Å². The number of fused-ring (bicyclic) bond motifs is 2. The molecule has 0 spiro atoms. The van der Waals surface area contributed by atoms with Gasteiger partial charge in [0.1, 0.15) is 0 Å². The average molecular weight is 154 g/mol. The SMILES string of the molecule is C1=C2CCC(C1)C2.CC(=O)O. The molecule has 0 heterocycles. The van der Waals surface area contributed by atoms with Gasteiger partial charge in [0.25, 0.3) is 5.97 Å². The molecule has 0 aliphatic heterocycles. The van der Waals surface area contributed by atoms with E-state index in [0.717, 1.165) is 12.8 Å². The zero-order chi connectivity index (χ0) is 8.27. The summed E-state index contributed by atoms with van der Waals surface area (Å²) < 4.78 is 0. The zero-order valence-electron chi connectivity index (χ0n) is 6.84. The van der Waals surface area contributed by atoms with Crippen LogP contribution < -0.4 is 0 Å². The summed E-state index contributed by atoms with van der Waals surface area (Å²) in [5.41, 5.74) is 1.74. The number of carboxylic acids is 1. The van der Waals surface area contributed by atoms with Crippen LogP contribution in [0.4, 0.5) is 0 Å². The number of hydrogen-bond acceptors (Lipinski definition) is 1. The van der Waals surface area contributed by atoms with Crippen molar-refractivity contribution in [2.45, 2.75) is 32.6 Å². The fourth-order valence-electron chi connectivity index (χ4n) is 1.68. The highest BCUT2D eigenvalue weighted by Gasteiger charge is 2.22. The van der Waals surface area contributed by atoms with Gasteiger partial charge in [-0.2, -0.15) is 0 Å². The second-order valence-corrected chi connectivity index (χ2v) is 3.23. The summed E-state index contributed by atoms with van der Waals surface area (Å²) in [4.78, 5) is 9.00. The van der Waals surface area contributed by atoms with Gasteiger partial charge in [0, 0.05) is 6.92 Å². The molecule has 2 aliphatic rings. The second-order valence-electron chi connectivity index (χ2n) is 3.23. The quantitative estimate of drug-likeness (QED) is 0.543. The van der Waals surface area contributed by atoms with Crippen molar-refractivity contribution >= 4 is 5.97 Å². The maximum absolute atomic E-state index is 9.00. The van der Waals surface area contributed by atoms with E-state index in [2.05, 4.69) is 6.08 Å². The Kier molecular flexibility index (Phi) is 2.69. The van der Waals surface area contributed by atoms with E-state index in [1.807, 2.05) is 0 Å². The number of carbonyl (C=O) groups is 1. The van der Waals surface area contributed by atoms with Crippen LogP contribution in [0.1, 0.15) is 32.6 Å². The van der Waals surface area contributed by atoms with Crippen LogP contribution in [0.2, 0.25) is 0 Å². The molecule has 2 aliphatic carbocycles. The molecule has 11 heavy (non-hydrogen) atoms. The molecule has 2 rings (SSSR count). The van der Waals surface area contributed by atoms with Gasteiger partial charge in [0.05, 0.1) is 0 Å². The molecule has 0 radical (unpaired) electrons. The number of rotatable bonds is 0. The van der Waals surface area contributed by atoms with Crippen molar-refractivity contribution in [2.75, 3.05) is 0 Å². The van der Waals surface area contributed by atoms with Crippen LogP contribution in [0, 0.1) is 5.92 Å². The number of aliphatic carboxylic acids is 1. The molecule has 1 atom stereocenters. The monoisotopic (exact) mass is 154 g/mol. The van der Waals surface area contributed by atoms with E-state index in [0.29, 0.717) is 0 Å². The van der Waals surface area contributed by atoms with Crippen LogP contribution >= 0.6 is 0 Å².